The number of hydrogen-bond acceptors (Lipinski definition) is 4. The van der Waals surface area contributed by atoms with Gasteiger partial charge in [0.15, 0.2) is 11.5 Å². The van der Waals surface area contributed by atoms with Gasteiger partial charge in [0.2, 0.25) is 11.8 Å². The van der Waals surface area contributed by atoms with E-state index in [1.165, 1.54) is 5.56 Å². The molecule has 0 aliphatic carbocycles. The fraction of sp³-hybridized carbons (Fsp3) is 0.417. The van der Waals surface area contributed by atoms with Crippen molar-refractivity contribution < 1.29 is 19.1 Å². The van der Waals surface area contributed by atoms with Crippen LogP contribution in [0.1, 0.15) is 30.9 Å². The highest BCUT2D eigenvalue weighted by atomic mass is 16.5. The molecule has 1 heterocycles. The van der Waals surface area contributed by atoms with E-state index in [2.05, 4.69) is 12.2 Å². The largest absolute Gasteiger partial charge is 0.493 e. The molecule has 6 heteroatoms. The first-order valence-corrected chi connectivity index (χ1v) is 10.4. The number of carbonyl (C=O) groups excluding carboxylic acids is 2. The monoisotopic (exact) mass is 410 g/mol. The van der Waals surface area contributed by atoms with Gasteiger partial charge in [0.05, 0.1) is 20.1 Å². The van der Waals surface area contributed by atoms with E-state index in [9.17, 15) is 9.59 Å². The molecule has 2 amide bonds. The van der Waals surface area contributed by atoms with Crippen LogP contribution in [0, 0.1) is 5.92 Å². The van der Waals surface area contributed by atoms with Gasteiger partial charge >= 0.3 is 0 Å². The first-order valence-electron chi connectivity index (χ1n) is 10.4. The third-order valence-electron chi connectivity index (χ3n) is 5.46. The summed E-state index contributed by atoms with van der Waals surface area (Å²) in [4.78, 5) is 26.8. The Balaban J connectivity index is 1.53. The van der Waals surface area contributed by atoms with Crippen molar-refractivity contribution in [3.63, 3.8) is 0 Å². The Hall–Kier alpha value is -3.02. The van der Waals surface area contributed by atoms with E-state index in [0.29, 0.717) is 31.0 Å². The molecule has 0 saturated carbocycles. The molecule has 1 aliphatic heterocycles. The Bertz CT molecular complexity index is 879. The van der Waals surface area contributed by atoms with Crippen molar-refractivity contribution >= 4 is 17.5 Å². The van der Waals surface area contributed by atoms with Gasteiger partial charge in [-0.1, -0.05) is 31.5 Å². The van der Waals surface area contributed by atoms with Gasteiger partial charge in [0.1, 0.15) is 0 Å². The summed E-state index contributed by atoms with van der Waals surface area (Å²) in [6.07, 6.45) is 3.07. The molecular formula is C24H30N2O4. The first-order chi connectivity index (χ1) is 14.5. The van der Waals surface area contributed by atoms with Gasteiger partial charge in [0.25, 0.3) is 0 Å². The minimum atomic E-state index is -0.321. The third kappa shape index (κ3) is 5.32. The second-order valence-corrected chi connectivity index (χ2v) is 7.62. The van der Waals surface area contributed by atoms with Crippen molar-refractivity contribution in [1.82, 2.24) is 4.90 Å². The van der Waals surface area contributed by atoms with Crippen LogP contribution < -0.4 is 14.8 Å². The number of nitrogens with zero attached hydrogens (tertiary/aromatic N) is 1. The molecule has 1 unspecified atom stereocenters. The summed E-state index contributed by atoms with van der Waals surface area (Å²) in [6, 6.07) is 13.7. The van der Waals surface area contributed by atoms with Crippen LogP contribution in [0.4, 0.5) is 5.69 Å². The lowest BCUT2D eigenvalue weighted by Crippen LogP contribution is -2.30. The summed E-state index contributed by atoms with van der Waals surface area (Å²) >= 11 is 0. The highest BCUT2D eigenvalue weighted by molar-refractivity contribution is 5.97. The molecule has 160 valence electrons. The minimum Gasteiger partial charge on any atom is -0.493 e. The predicted molar refractivity (Wildman–Crippen MR) is 117 cm³/mol. The Kier molecular flexibility index (Phi) is 7.33. The van der Waals surface area contributed by atoms with E-state index in [1.54, 1.807) is 19.1 Å². The molecule has 2 aromatic carbocycles. The molecule has 6 nitrogen and oxygen atoms in total. The fourth-order valence-electron chi connectivity index (χ4n) is 3.75. The van der Waals surface area contributed by atoms with Crippen molar-refractivity contribution in [2.75, 3.05) is 32.6 Å². The number of carbonyl (C=O) groups is 2. The number of hydrogen-bond donors (Lipinski definition) is 1. The summed E-state index contributed by atoms with van der Waals surface area (Å²) < 4.78 is 10.6. The normalized spacial score (nSPS) is 15.9. The van der Waals surface area contributed by atoms with Gasteiger partial charge in [-0.15, -0.1) is 0 Å². The van der Waals surface area contributed by atoms with Gasteiger partial charge in [-0.25, -0.2) is 0 Å². The average Bonchev–Trinajstić information content (AvgIpc) is 3.14. The SMILES string of the molecule is CCCc1ccc(NC(=O)C2CC(=O)N(CCc3ccc(OC)c(OC)c3)C2)cc1. The Labute approximate surface area is 178 Å². The van der Waals surface area contributed by atoms with Crippen molar-refractivity contribution in [3.8, 4) is 11.5 Å². The molecule has 30 heavy (non-hydrogen) atoms. The van der Waals surface area contributed by atoms with Gasteiger partial charge in [-0.05, 0) is 48.2 Å². The zero-order chi connectivity index (χ0) is 21.5. The van der Waals surface area contributed by atoms with Gasteiger partial charge in [-0.3, -0.25) is 9.59 Å². The summed E-state index contributed by atoms with van der Waals surface area (Å²) in [5, 5.41) is 2.95. The highest BCUT2D eigenvalue weighted by Gasteiger charge is 2.34. The number of ether oxygens (including phenoxy) is 2. The molecule has 2 aromatic rings. The fourth-order valence-corrected chi connectivity index (χ4v) is 3.75. The molecule has 0 bridgehead atoms. The number of benzene rings is 2. The van der Waals surface area contributed by atoms with E-state index >= 15 is 0 Å². The quantitative estimate of drug-likeness (QED) is 0.685. The number of methoxy groups -OCH3 is 2. The zero-order valence-electron chi connectivity index (χ0n) is 17.9. The lowest BCUT2D eigenvalue weighted by molar-refractivity contribution is -0.128. The van der Waals surface area contributed by atoms with Crippen LogP contribution in [-0.2, 0) is 22.4 Å². The van der Waals surface area contributed by atoms with E-state index in [4.69, 9.17) is 9.47 Å². The van der Waals surface area contributed by atoms with Crippen molar-refractivity contribution in [2.45, 2.75) is 32.6 Å². The van der Waals surface area contributed by atoms with E-state index < -0.39 is 0 Å². The van der Waals surface area contributed by atoms with E-state index in [0.717, 1.165) is 24.1 Å². The van der Waals surface area contributed by atoms with Gasteiger partial charge in [0, 0.05) is 25.2 Å². The molecule has 1 fully saturated rings. The molecule has 0 spiro atoms. The number of rotatable bonds is 9. The van der Waals surface area contributed by atoms with Crippen molar-refractivity contribution in [3.05, 3.63) is 53.6 Å². The smallest absolute Gasteiger partial charge is 0.229 e. The van der Waals surface area contributed by atoms with Crippen LogP contribution in [0.15, 0.2) is 42.5 Å². The highest BCUT2D eigenvalue weighted by Crippen LogP contribution is 2.28. The molecule has 1 atom stereocenters. The first kappa shape index (κ1) is 21.7. The third-order valence-corrected chi connectivity index (χ3v) is 5.46. The Morgan fingerprint density at radius 3 is 2.40 bits per heavy atom. The lowest BCUT2D eigenvalue weighted by Gasteiger charge is -2.17. The maximum absolute atomic E-state index is 12.6. The zero-order valence-corrected chi connectivity index (χ0v) is 17.9. The van der Waals surface area contributed by atoms with Gasteiger partial charge < -0.3 is 19.7 Å². The minimum absolute atomic E-state index is 0.0221. The molecule has 0 aromatic heterocycles. The van der Waals surface area contributed by atoms with Crippen LogP contribution in [0.3, 0.4) is 0 Å². The van der Waals surface area contributed by atoms with Crippen LogP contribution in [0.5, 0.6) is 11.5 Å². The van der Waals surface area contributed by atoms with Crippen LogP contribution in [0.2, 0.25) is 0 Å². The standard InChI is InChI=1S/C24H30N2O4/c1-4-5-17-6-9-20(10-7-17)25-24(28)19-15-23(27)26(16-19)13-12-18-8-11-21(29-2)22(14-18)30-3/h6-11,14,19H,4-5,12-13,15-16H2,1-3H3,(H,25,28). The predicted octanol–water partition coefficient (Wildman–Crippen LogP) is 3.69. The van der Waals surface area contributed by atoms with Crippen LogP contribution in [0.25, 0.3) is 0 Å². The maximum atomic E-state index is 12.6. The van der Waals surface area contributed by atoms with E-state index in [1.807, 2.05) is 42.5 Å². The number of likely N-dealkylation sites (tertiary alicyclic amines) is 1. The van der Waals surface area contributed by atoms with Crippen molar-refractivity contribution in [2.24, 2.45) is 5.92 Å². The lowest BCUT2D eigenvalue weighted by atomic mass is 10.1. The number of nitrogens with one attached hydrogen (secondary N) is 1. The number of anilines is 1. The van der Waals surface area contributed by atoms with Crippen LogP contribution in [-0.4, -0.2) is 44.0 Å². The van der Waals surface area contributed by atoms with Gasteiger partial charge in [-0.2, -0.15) is 0 Å². The molecular weight excluding hydrogens is 380 g/mol. The molecule has 3 rings (SSSR count). The molecule has 1 N–H and O–H groups in total. The summed E-state index contributed by atoms with van der Waals surface area (Å²) in [5.41, 5.74) is 3.09. The number of aryl methyl sites for hydroxylation is 1. The average molecular weight is 411 g/mol. The summed E-state index contributed by atoms with van der Waals surface area (Å²) in [5.74, 6) is 0.954. The second kappa shape index (κ2) is 10.1. The Morgan fingerprint density at radius 1 is 1.03 bits per heavy atom. The van der Waals surface area contributed by atoms with E-state index in [-0.39, 0.29) is 24.2 Å². The Morgan fingerprint density at radius 2 is 1.73 bits per heavy atom. The summed E-state index contributed by atoms with van der Waals surface area (Å²) in [6.45, 7) is 3.17. The molecule has 1 aliphatic rings. The maximum Gasteiger partial charge on any atom is 0.229 e. The number of amides is 2. The topological polar surface area (TPSA) is 67.9 Å². The van der Waals surface area contributed by atoms with Crippen LogP contribution >= 0.6 is 0 Å². The molecule has 0 radical (unpaired) electrons. The van der Waals surface area contributed by atoms with Crippen molar-refractivity contribution in [1.29, 1.82) is 0 Å². The second-order valence-electron chi connectivity index (χ2n) is 7.62. The molecule has 1 saturated heterocycles. The summed E-state index contributed by atoms with van der Waals surface area (Å²) in [7, 11) is 3.21.